The van der Waals surface area contributed by atoms with Crippen molar-refractivity contribution in [1.82, 2.24) is 9.38 Å². The van der Waals surface area contributed by atoms with Crippen LogP contribution in [0, 0.1) is 5.92 Å². The normalized spacial score (nSPS) is 18.4. The Morgan fingerprint density at radius 2 is 2.10 bits per heavy atom. The molecule has 0 bridgehead atoms. The van der Waals surface area contributed by atoms with Crippen LogP contribution in [0.4, 0.5) is 0 Å². The van der Waals surface area contributed by atoms with E-state index in [2.05, 4.69) is 17.5 Å². The minimum absolute atomic E-state index is 0.765. The van der Waals surface area contributed by atoms with Gasteiger partial charge in [-0.25, -0.2) is 4.98 Å². The molecule has 0 saturated carbocycles. The second-order valence-corrected chi connectivity index (χ2v) is 7.10. The molecule has 4 heteroatoms. The van der Waals surface area contributed by atoms with Crippen molar-refractivity contribution in [3.8, 4) is 11.3 Å². The van der Waals surface area contributed by atoms with E-state index in [0.717, 1.165) is 27.2 Å². The number of nitrogens with zero attached hydrogens (tertiary/aromatic N) is 2. The van der Waals surface area contributed by atoms with E-state index < -0.39 is 0 Å². The molecule has 1 aliphatic carbocycles. The topological polar surface area (TPSA) is 17.3 Å². The Labute approximate surface area is 127 Å². The van der Waals surface area contributed by atoms with E-state index in [1.807, 2.05) is 35.6 Å². The maximum absolute atomic E-state index is 5.94. The Balaban J connectivity index is 1.80. The summed E-state index contributed by atoms with van der Waals surface area (Å²) in [6.45, 7) is 2.34. The van der Waals surface area contributed by atoms with Crippen LogP contribution in [0.1, 0.15) is 23.9 Å². The molecule has 0 N–H and O–H groups in total. The minimum Gasteiger partial charge on any atom is -0.294 e. The van der Waals surface area contributed by atoms with Gasteiger partial charge in [0.1, 0.15) is 0 Å². The summed E-state index contributed by atoms with van der Waals surface area (Å²) >= 11 is 7.79. The van der Waals surface area contributed by atoms with E-state index in [-0.39, 0.29) is 0 Å². The largest absolute Gasteiger partial charge is 0.294 e. The van der Waals surface area contributed by atoms with E-state index in [0.29, 0.717) is 0 Å². The standard InChI is InChI=1S/C16H15ClN2S/c1-10-2-7-14-15(8-10)20-16-18-13(9-19(14)16)11-3-5-12(17)6-4-11/h3-6,9-10H,2,7-8H2,1H3. The molecule has 3 aromatic rings. The number of aryl methyl sites for hydroxylation is 1. The van der Waals surface area contributed by atoms with Crippen LogP contribution in [0.15, 0.2) is 30.5 Å². The smallest absolute Gasteiger partial charge is 0.194 e. The van der Waals surface area contributed by atoms with Crippen LogP contribution in [0.25, 0.3) is 16.2 Å². The van der Waals surface area contributed by atoms with Crippen molar-refractivity contribution in [2.45, 2.75) is 26.2 Å². The molecule has 1 aromatic carbocycles. The Bertz CT molecular complexity index is 770. The number of hydrogen-bond acceptors (Lipinski definition) is 2. The highest BCUT2D eigenvalue weighted by Crippen LogP contribution is 2.34. The van der Waals surface area contributed by atoms with E-state index in [1.54, 1.807) is 0 Å². The summed E-state index contributed by atoms with van der Waals surface area (Å²) in [5.41, 5.74) is 3.63. The highest BCUT2D eigenvalue weighted by Gasteiger charge is 2.21. The predicted octanol–water partition coefficient (Wildman–Crippen LogP) is 4.84. The van der Waals surface area contributed by atoms with Gasteiger partial charge in [0.2, 0.25) is 0 Å². The molecular weight excluding hydrogens is 288 g/mol. The van der Waals surface area contributed by atoms with Gasteiger partial charge in [-0.2, -0.15) is 0 Å². The molecule has 0 spiro atoms. The summed E-state index contributed by atoms with van der Waals surface area (Å²) in [4.78, 5) is 7.42. The first kappa shape index (κ1) is 12.4. The first-order chi connectivity index (χ1) is 9.70. The zero-order chi connectivity index (χ0) is 13.7. The van der Waals surface area contributed by atoms with Crippen LogP contribution in [0.5, 0.6) is 0 Å². The number of halogens is 1. The third kappa shape index (κ3) is 1.97. The van der Waals surface area contributed by atoms with Crippen molar-refractivity contribution >= 4 is 27.9 Å². The second-order valence-electron chi connectivity index (χ2n) is 5.61. The Kier molecular flexibility index (Phi) is 2.86. The monoisotopic (exact) mass is 302 g/mol. The second kappa shape index (κ2) is 4.61. The van der Waals surface area contributed by atoms with E-state index in [9.17, 15) is 0 Å². The van der Waals surface area contributed by atoms with Gasteiger partial charge in [0.15, 0.2) is 4.96 Å². The van der Waals surface area contributed by atoms with Crippen molar-refractivity contribution in [3.63, 3.8) is 0 Å². The molecule has 4 rings (SSSR count). The van der Waals surface area contributed by atoms with E-state index in [1.165, 1.54) is 29.8 Å². The lowest BCUT2D eigenvalue weighted by Gasteiger charge is -2.17. The zero-order valence-electron chi connectivity index (χ0n) is 11.3. The van der Waals surface area contributed by atoms with Gasteiger partial charge in [0, 0.05) is 27.4 Å². The van der Waals surface area contributed by atoms with Crippen LogP contribution in [-0.2, 0) is 12.8 Å². The molecule has 2 nitrogen and oxygen atoms in total. The molecule has 0 amide bonds. The Morgan fingerprint density at radius 1 is 1.30 bits per heavy atom. The molecule has 0 saturated heterocycles. The Hall–Kier alpha value is -1.32. The van der Waals surface area contributed by atoms with Crippen LogP contribution in [-0.4, -0.2) is 9.38 Å². The maximum Gasteiger partial charge on any atom is 0.194 e. The Morgan fingerprint density at radius 3 is 2.90 bits per heavy atom. The van der Waals surface area contributed by atoms with Gasteiger partial charge < -0.3 is 0 Å². The third-order valence-corrected chi connectivity index (χ3v) is 5.42. The number of hydrogen-bond donors (Lipinski definition) is 0. The molecule has 2 heterocycles. The van der Waals surface area contributed by atoms with Crippen LogP contribution < -0.4 is 0 Å². The van der Waals surface area contributed by atoms with Gasteiger partial charge in [0.25, 0.3) is 0 Å². The lowest BCUT2D eigenvalue weighted by molar-refractivity contribution is 0.499. The summed E-state index contributed by atoms with van der Waals surface area (Å²) in [5.74, 6) is 0.807. The van der Waals surface area contributed by atoms with Gasteiger partial charge in [-0.3, -0.25) is 4.40 Å². The first-order valence-corrected chi connectivity index (χ1v) is 8.16. The fraction of sp³-hybridized carbons (Fsp3) is 0.312. The van der Waals surface area contributed by atoms with Crippen LogP contribution in [0.2, 0.25) is 5.02 Å². The molecule has 2 aromatic heterocycles. The fourth-order valence-corrected chi connectivity index (χ4v) is 4.35. The molecule has 1 unspecified atom stereocenters. The maximum atomic E-state index is 5.94. The SMILES string of the molecule is CC1CCc2c(sc3nc(-c4ccc(Cl)cc4)cn23)C1. The molecule has 0 radical (unpaired) electrons. The zero-order valence-corrected chi connectivity index (χ0v) is 12.8. The van der Waals surface area contributed by atoms with Crippen molar-refractivity contribution < 1.29 is 0 Å². The van der Waals surface area contributed by atoms with Gasteiger partial charge in [0.05, 0.1) is 5.69 Å². The molecule has 0 aliphatic heterocycles. The molecule has 1 aliphatic rings. The summed E-state index contributed by atoms with van der Waals surface area (Å²) in [7, 11) is 0. The number of fused-ring (bicyclic) bond motifs is 3. The number of imidazole rings is 1. The molecular formula is C16H15ClN2S. The summed E-state index contributed by atoms with van der Waals surface area (Å²) in [6, 6.07) is 7.90. The highest BCUT2D eigenvalue weighted by atomic mass is 35.5. The van der Waals surface area contributed by atoms with Crippen molar-refractivity contribution in [1.29, 1.82) is 0 Å². The molecule has 0 fully saturated rings. The third-order valence-electron chi connectivity index (χ3n) is 4.05. The number of thiazole rings is 1. The number of aromatic nitrogens is 2. The van der Waals surface area contributed by atoms with Gasteiger partial charge >= 0.3 is 0 Å². The van der Waals surface area contributed by atoms with E-state index >= 15 is 0 Å². The first-order valence-electron chi connectivity index (χ1n) is 6.96. The van der Waals surface area contributed by atoms with Crippen LogP contribution in [0.3, 0.4) is 0 Å². The average molecular weight is 303 g/mol. The summed E-state index contributed by atoms with van der Waals surface area (Å²) in [6.07, 6.45) is 5.84. The van der Waals surface area contributed by atoms with E-state index in [4.69, 9.17) is 16.6 Å². The quantitative estimate of drug-likeness (QED) is 0.628. The fourth-order valence-electron chi connectivity index (χ4n) is 2.91. The minimum atomic E-state index is 0.765. The lowest BCUT2D eigenvalue weighted by Crippen LogP contribution is -2.10. The van der Waals surface area contributed by atoms with Crippen molar-refractivity contribution in [3.05, 3.63) is 46.1 Å². The average Bonchev–Trinajstić information content (AvgIpc) is 2.96. The summed E-state index contributed by atoms with van der Waals surface area (Å²) < 4.78 is 2.29. The highest BCUT2D eigenvalue weighted by molar-refractivity contribution is 7.17. The van der Waals surface area contributed by atoms with Gasteiger partial charge in [-0.05, 0) is 37.3 Å². The number of rotatable bonds is 1. The van der Waals surface area contributed by atoms with Gasteiger partial charge in [-0.15, -0.1) is 11.3 Å². The van der Waals surface area contributed by atoms with Crippen molar-refractivity contribution in [2.75, 3.05) is 0 Å². The number of benzene rings is 1. The van der Waals surface area contributed by atoms with Crippen molar-refractivity contribution in [2.24, 2.45) is 5.92 Å². The predicted molar refractivity (Wildman–Crippen MR) is 84.7 cm³/mol. The van der Waals surface area contributed by atoms with Crippen LogP contribution >= 0.6 is 22.9 Å². The van der Waals surface area contributed by atoms with Gasteiger partial charge in [-0.1, -0.05) is 30.7 Å². The summed E-state index contributed by atoms with van der Waals surface area (Å²) in [5, 5.41) is 0.765. The molecule has 20 heavy (non-hydrogen) atoms. The lowest BCUT2D eigenvalue weighted by atomic mass is 9.93. The molecule has 1 atom stereocenters. The molecule has 102 valence electrons.